The van der Waals surface area contributed by atoms with E-state index in [-0.39, 0.29) is 37.1 Å². The van der Waals surface area contributed by atoms with E-state index in [1.54, 1.807) is 0 Å². The number of benzene rings is 4. The number of nitrogens with one attached hydrogen (secondary N) is 5. The Kier molecular flexibility index (Phi) is 22.6. The zero-order valence-corrected chi connectivity index (χ0v) is 62.3. The van der Waals surface area contributed by atoms with Crippen molar-refractivity contribution in [1.29, 1.82) is 0 Å². The molecule has 20 aromatic rings. The van der Waals surface area contributed by atoms with Crippen LogP contribution < -0.4 is 0 Å². The van der Waals surface area contributed by atoms with Gasteiger partial charge >= 0.3 is 0 Å². The lowest BCUT2D eigenvalue weighted by Crippen LogP contribution is -1.95. The number of aromatic amines is 5. The third-order valence-corrected chi connectivity index (χ3v) is 21.5. The molecule has 0 aliphatic heterocycles. The summed E-state index contributed by atoms with van der Waals surface area (Å²) in [4.78, 5) is 34.4. The molecule has 16 aromatic heterocycles. The summed E-state index contributed by atoms with van der Waals surface area (Å²) in [6.45, 7) is 16.7. The molecule has 0 radical (unpaired) electrons. The van der Waals surface area contributed by atoms with Crippen molar-refractivity contribution < 1.29 is 0 Å². The molecule has 570 valence electrons. The number of aryl methyl sites for hydroxylation is 10. The van der Waals surface area contributed by atoms with E-state index in [2.05, 4.69) is 304 Å². The summed E-state index contributed by atoms with van der Waals surface area (Å²) in [5.41, 5.74) is 42.3. The Labute approximate surface area is 657 Å². The number of hydrogen-bond donors (Lipinski definition) is 5. The average Bonchev–Trinajstić information content (AvgIpc) is 1.18. The average molecular weight is 1480 g/mol. The summed E-state index contributed by atoms with van der Waals surface area (Å²) >= 11 is 0. The van der Waals surface area contributed by atoms with Crippen molar-refractivity contribution in [3.05, 3.63) is 334 Å². The van der Waals surface area contributed by atoms with Crippen LogP contribution in [0.3, 0.4) is 0 Å². The van der Waals surface area contributed by atoms with Crippen LogP contribution in [0.1, 0.15) is 128 Å². The highest BCUT2D eigenvalue weighted by atomic mass is 15.2. The Morgan fingerprint density at radius 2 is 0.893 bits per heavy atom. The highest BCUT2D eigenvalue weighted by molar-refractivity contribution is 5.87. The monoisotopic (exact) mass is 1480 g/mol. The first kappa shape index (κ1) is 78.5. The molecule has 0 saturated heterocycles. The van der Waals surface area contributed by atoms with E-state index in [9.17, 15) is 0 Å². The fourth-order valence-electron chi connectivity index (χ4n) is 16.0. The van der Waals surface area contributed by atoms with Gasteiger partial charge in [0.2, 0.25) is 0 Å². The maximum atomic E-state index is 4.50. The van der Waals surface area contributed by atoms with Gasteiger partial charge in [0.05, 0.1) is 16.7 Å². The predicted molar refractivity (Wildman–Crippen MR) is 470 cm³/mol. The Bertz CT molecular complexity index is 6570. The number of imidazole rings is 4. The van der Waals surface area contributed by atoms with Gasteiger partial charge in [-0.05, 0) is 196 Å². The molecule has 0 amide bonds. The zero-order chi connectivity index (χ0) is 73.3. The smallest absolute Gasteiger partial charge is 0.198 e. The summed E-state index contributed by atoms with van der Waals surface area (Å²) < 4.78 is 14.8. The van der Waals surface area contributed by atoms with E-state index >= 15 is 0 Å². The third kappa shape index (κ3) is 14.4. The number of H-pyrrole nitrogens is 5. The predicted octanol–water partition coefficient (Wildman–Crippen LogP) is 23.3. The van der Waals surface area contributed by atoms with Crippen molar-refractivity contribution in [2.24, 2.45) is 21.1 Å². The molecular weight excluding hydrogens is 1380 g/mol. The molecule has 16 heteroatoms. The number of nitrogens with zero attached hydrogens (tertiary/aromatic N) is 11. The van der Waals surface area contributed by atoms with Crippen molar-refractivity contribution in [3.8, 4) is 44.6 Å². The van der Waals surface area contributed by atoms with Crippen LogP contribution >= 0.6 is 0 Å². The van der Waals surface area contributed by atoms with Crippen molar-refractivity contribution in [2.45, 2.75) is 118 Å². The summed E-state index contributed by atoms with van der Waals surface area (Å²) in [6, 6.07) is 72.2. The summed E-state index contributed by atoms with van der Waals surface area (Å²) in [7, 11) is 6.14. The Balaban J connectivity index is 0.000000118. The van der Waals surface area contributed by atoms with E-state index in [1.807, 2.05) is 91.8 Å². The van der Waals surface area contributed by atoms with Crippen LogP contribution in [0.15, 0.2) is 243 Å². The topological polar surface area (TPSA) is 163 Å². The van der Waals surface area contributed by atoms with E-state index in [0.29, 0.717) is 0 Å². The van der Waals surface area contributed by atoms with Crippen molar-refractivity contribution in [1.82, 2.24) is 76.2 Å². The molecular formula is C96H106N16. The lowest BCUT2D eigenvalue weighted by molar-refractivity contribution is 0.864. The molecule has 16 nitrogen and oxygen atoms in total. The molecule has 16 heterocycles. The zero-order valence-electron chi connectivity index (χ0n) is 62.3. The molecule has 4 aliphatic carbocycles. The van der Waals surface area contributed by atoms with Gasteiger partial charge in [-0.25, -0.2) is 19.9 Å². The Hall–Kier alpha value is -13.1. The molecule has 4 aliphatic rings. The second-order valence-corrected chi connectivity index (χ2v) is 28.6. The van der Waals surface area contributed by atoms with E-state index in [1.165, 1.54) is 157 Å². The van der Waals surface area contributed by atoms with Crippen molar-refractivity contribution in [3.63, 3.8) is 0 Å². The fourth-order valence-corrected chi connectivity index (χ4v) is 16.0. The number of rotatable bonds is 0. The minimum Gasteiger partial charge on any atom is -0.364 e. The Morgan fingerprint density at radius 3 is 1.60 bits per heavy atom. The van der Waals surface area contributed by atoms with Crippen molar-refractivity contribution in [2.75, 3.05) is 0 Å². The molecule has 4 aromatic carbocycles. The van der Waals surface area contributed by atoms with E-state index < -0.39 is 0 Å². The van der Waals surface area contributed by atoms with Gasteiger partial charge < -0.3 is 47.4 Å². The Morgan fingerprint density at radius 1 is 0.357 bits per heavy atom. The van der Waals surface area contributed by atoms with Gasteiger partial charge in [0.15, 0.2) is 22.6 Å². The summed E-state index contributed by atoms with van der Waals surface area (Å²) in [5.74, 6) is 1.97. The van der Waals surface area contributed by atoms with Crippen LogP contribution in [0.2, 0.25) is 0 Å². The van der Waals surface area contributed by atoms with Gasteiger partial charge in [-0.2, -0.15) is 0 Å². The first-order valence-corrected chi connectivity index (χ1v) is 36.7. The lowest BCUT2D eigenvalue weighted by Gasteiger charge is -2.04. The second kappa shape index (κ2) is 32.2. The second-order valence-electron chi connectivity index (χ2n) is 28.6. The summed E-state index contributed by atoms with van der Waals surface area (Å²) in [5, 5.41) is 1.28. The normalized spacial score (nSPS) is 11.6. The molecule has 112 heavy (non-hydrogen) atoms. The minimum atomic E-state index is 0. The maximum Gasteiger partial charge on any atom is 0.198 e. The maximum absolute atomic E-state index is 4.50. The molecule has 0 fully saturated rings. The van der Waals surface area contributed by atoms with Crippen molar-refractivity contribution >= 4 is 67.0 Å². The number of aromatic nitrogens is 16. The van der Waals surface area contributed by atoms with Gasteiger partial charge in [-0.15, -0.1) is 0 Å². The molecule has 0 spiro atoms. The molecule has 0 atom stereocenters. The highest BCUT2D eigenvalue weighted by Crippen LogP contribution is 2.41. The van der Waals surface area contributed by atoms with Crippen LogP contribution in [0.4, 0.5) is 0 Å². The highest BCUT2D eigenvalue weighted by Gasteiger charge is 2.25. The van der Waals surface area contributed by atoms with Crippen LogP contribution in [0.5, 0.6) is 0 Å². The molecule has 0 saturated carbocycles. The van der Waals surface area contributed by atoms with Crippen LogP contribution in [0.25, 0.3) is 112 Å². The van der Waals surface area contributed by atoms with Crippen LogP contribution in [-0.4, -0.2) is 76.2 Å². The van der Waals surface area contributed by atoms with Crippen LogP contribution in [0, 0.1) is 55.4 Å². The van der Waals surface area contributed by atoms with Gasteiger partial charge in [-0.3, -0.25) is 8.80 Å². The summed E-state index contributed by atoms with van der Waals surface area (Å²) in [6.07, 6.45) is 16.8. The standard InChI is InChI=1S/C13H13N.3C12H11N.2C11H10N2.2C10H10N4.5CH4/c1-9-7-11-8-10-5-3-4-6-12(10)13(11)14(9)2;1-8-12-10(7-13-8)6-9-4-2-3-5-11(9)12;1-8-11-6-9-4-2-3-5-10(9)12(11)7-13-8;1-8-6-11-10-5-3-2-4-9(10)7-12(11)13-8;1-8-6-9-7-10-4-2-3-5-13(10)11(9)12-8;1-8-6-11-10(12-8)7-9-4-2-3-5-13(9)11;1-7-11-10-9(13(7)2)12-8-5-3-4-6-14(8)10;1-7-11-9-10(13(7)2)14-6-4-3-5-8(14)12-9;;;;;/h3-7H,8H2,1-2H3;2*2-5,7,13H,6H2,1H3;2-6,13H,7H2,1H3;2*2-7,12H,1H3;2*3-6H,1-2H3;5*1H4. The van der Waals surface area contributed by atoms with Crippen LogP contribution in [-0.2, 0) is 46.8 Å². The molecule has 5 N–H and O–H groups in total. The van der Waals surface area contributed by atoms with Gasteiger partial charge in [0.1, 0.15) is 28.6 Å². The van der Waals surface area contributed by atoms with Gasteiger partial charge in [-0.1, -0.05) is 158 Å². The van der Waals surface area contributed by atoms with Gasteiger partial charge in [0, 0.05) is 163 Å². The minimum absolute atomic E-state index is 0. The van der Waals surface area contributed by atoms with E-state index in [4.69, 9.17) is 0 Å². The number of pyridine rings is 4. The molecule has 0 bridgehead atoms. The first-order valence-electron chi connectivity index (χ1n) is 36.7. The van der Waals surface area contributed by atoms with Gasteiger partial charge in [0.25, 0.3) is 0 Å². The quantitative estimate of drug-likeness (QED) is 0.102. The fraction of sp³-hybridized carbons (Fsp3) is 0.208. The first-order chi connectivity index (χ1) is 52.1. The van der Waals surface area contributed by atoms with E-state index in [0.717, 1.165) is 71.2 Å². The number of fused-ring (bicyclic) bond motifs is 24. The number of hydrogen-bond acceptors (Lipinski definition) is 4. The SMILES string of the molecule is C.C.C.C.C.Cc1[nH]cc2c1-c1ccccc1C2.Cc1[nH]cc2c1Cc1ccccc1-2.Cc1cc2c([nH]1)Cc1ccccc1-2.Cc1cc2c(cc3ccccn32)[nH]1.Cc1cc2c(n1C)-c1ccccc1C2.Cc1cc2cc3ccccn3c2[nH]1.Cc1nc2c(nc3ccccn32)n1C.Cc1nc2nc3ccccn3c2n1C. The largest absolute Gasteiger partial charge is 0.364 e. The lowest BCUT2D eigenvalue weighted by atomic mass is 10.1. The molecule has 0 unspecified atom stereocenters. The third-order valence-electron chi connectivity index (χ3n) is 21.5. The molecule has 24 rings (SSSR count).